The number of carboxylic acids is 2. The minimum absolute atomic E-state index is 0.0103. The SMILES string of the molecule is CCCC[C@H]1C(=O)N[C@@H](CN)C(=O)N[C@H](C(=O)NCC(N)=O)CSCC(=O)N[C@@H](Cc2ccc(O)cc2)C(=O)N(C)[C@@H](C)C(=O)N[C@@H](CC(=O)O)C(=O)N2CCC[C@H]2C(=O)N[C@@H](Cc2cnc[nH]2)C(=O)N[C@@H](CCC(=O)O)C(=O)N2C[C@H](O)C[C@H]2C(=O)N[C@@H](Cc2c[nH]c3ccccc23)C(=O)N[C@@H](CO)C(=O)N[C@@H](Cc2cccc3ccccc23)c2nnnn2[C@@H](CCCC)C(=O)N1C. The van der Waals surface area contributed by atoms with Crippen molar-refractivity contribution in [2.45, 2.75) is 214 Å². The number of aromatic amines is 2. The molecule has 7 aromatic rings. The zero-order valence-electron chi connectivity index (χ0n) is 74.6. The number of nitrogens with zero attached hydrogens (tertiary/aromatic N) is 9. The van der Waals surface area contributed by atoms with Gasteiger partial charge in [0.15, 0.2) is 5.82 Å². The number of hydrogen-bond donors (Lipinski definition) is 19. The Kier molecular flexibility index (Phi) is 36.9. The van der Waals surface area contributed by atoms with Gasteiger partial charge in [0.25, 0.3) is 0 Å². The summed E-state index contributed by atoms with van der Waals surface area (Å²) in [6.45, 7) is 1.66. The van der Waals surface area contributed by atoms with Crippen molar-refractivity contribution < 1.29 is 107 Å². The van der Waals surface area contributed by atoms with Gasteiger partial charge in [0.2, 0.25) is 88.6 Å². The Balaban J connectivity index is 1.02. The number of rotatable bonds is 24. The van der Waals surface area contributed by atoms with Gasteiger partial charge in [-0.05, 0) is 95.1 Å². The summed E-state index contributed by atoms with van der Waals surface area (Å²) in [5.41, 5.74) is 13.9. The molecule has 720 valence electrons. The molecule has 46 heteroatoms. The number of fused-ring (bicyclic) bond motifs is 5. The number of thioether (sulfide) groups is 1. The van der Waals surface area contributed by atoms with Crippen molar-refractivity contribution in [2.75, 3.05) is 58.4 Å². The van der Waals surface area contributed by atoms with E-state index in [0.717, 1.165) is 36.7 Å². The maximum Gasteiger partial charge on any atom is 0.305 e. The third kappa shape index (κ3) is 27.1. The van der Waals surface area contributed by atoms with Gasteiger partial charge in [-0.15, -0.1) is 16.9 Å². The summed E-state index contributed by atoms with van der Waals surface area (Å²) < 4.78 is 1.20. The third-order valence-corrected chi connectivity index (χ3v) is 24.7. The number of aliphatic hydroxyl groups excluding tert-OH is 2. The van der Waals surface area contributed by atoms with Crippen molar-refractivity contribution in [1.29, 1.82) is 0 Å². The highest BCUT2D eigenvalue weighted by molar-refractivity contribution is 8.00. The number of phenols is 1. The number of benzene rings is 4. The maximum atomic E-state index is 15.7. The molecule has 0 spiro atoms. The molecule has 21 N–H and O–H groups in total. The van der Waals surface area contributed by atoms with E-state index in [0.29, 0.717) is 58.7 Å². The summed E-state index contributed by atoms with van der Waals surface area (Å²) in [7, 11) is 2.53. The zero-order chi connectivity index (χ0) is 97.1. The predicted octanol–water partition coefficient (Wildman–Crippen LogP) is -3.07. The summed E-state index contributed by atoms with van der Waals surface area (Å²) in [6, 6.07) is 2.33. The van der Waals surface area contributed by atoms with Crippen molar-refractivity contribution in [3.63, 3.8) is 0 Å². The van der Waals surface area contributed by atoms with Crippen LogP contribution in [0, 0.1) is 0 Å². The number of unbranched alkanes of at least 4 members (excludes halogenated alkanes) is 2. The summed E-state index contributed by atoms with van der Waals surface area (Å²) in [4.78, 5) is 259. The van der Waals surface area contributed by atoms with Crippen LogP contribution in [0.2, 0.25) is 0 Å². The van der Waals surface area contributed by atoms with Crippen molar-refractivity contribution in [1.82, 2.24) is 108 Å². The number of carbonyl (C=O) groups is 17. The zero-order valence-corrected chi connectivity index (χ0v) is 75.4. The first-order valence-corrected chi connectivity index (χ1v) is 45.2. The predicted molar refractivity (Wildman–Crippen MR) is 480 cm³/mol. The number of nitrogens with two attached hydrogens (primary N) is 2. The highest BCUT2D eigenvalue weighted by Crippen LogP contribution is 2.31. The Bertz CT molecular complexity index is 5380. The van der Waals surface area contributed by atoms with Gasteiger partial charge in [-0.25, -0.2) is 9.67 Å². The smallest absolute Gasteiger partial charge is 0.305 e. The molecule has 45 nitrogen and oxygen atoms in total. The lowest BCUT2D eigenvalue weighted by Gasteiger charge is -2.32. The van der Waals surface area contributed by atoms with Crippen LogP contribution < -0.4 is 64.6 Å². The Morgan fingerprint density at radius 2 is 1.19 bits per heavy atom. The number of imidazole rings is 1. The molecule has 15 amide bonds. The number of tetrazole rings is 1. The fourth-order valence-electron chi connectivity index (χ4n) is 16.3. The van der Waals surface area contributed by atoms with Crippen LogP contribution >= 0.6 is 11.8 Å². The molecule has 0 saturated carbocycles. The van der Waals surface area contributed by atoms with Crippen molar-refractivity contribution in [3.8, 4) is 5.75 Å². The standard InChI is InChI=1S/C88H115N23O22S/c1-6-8-22-67-82(127)101-64(38-89)80(125)103-66(77(122)93-41-71(90)115)44-134-45-72(116)95-62(32-48-25-27-53(113)28-26-48)85(130)107(4)47(3)76(121)100-63(37-74(119)120)87(132)109-31-15-24-68(109)83(128)99-61(35-52-40-91-46-94-52)79(124)96-58(29-30-73(117)118)86(131)110-42-54(114)36-70(110)84(129)98-60(34-51-39-92-57-21-13-12-20-56(51)57)78(123)102-65(43-112)81(126)97-59(33-50-18-14-17-49-16-10-11-19-55(49)50)75-104-105-106-111(75)69(23-9-7-2)88(133)108(67)5/h10-14,16-21,25-28,39-40,46-47,54,58-70,92,112-114H,6-9,15,22-24,29-38,41-45,89H2,1-5H3,(H2,90,115)(H,91,94)(H,93,122)(H,95,116)(H,96,124)(H,97,126)(H,98,129)(H,99,128)(H,100,121)(H,101,127)(H,102,123)(H,103,125)(H,117,118)(H,119,120)/t47-,54+,58-,59-,60-,61-,62-,63-,64-,65-,66-,67-,68-,69-,70-/m0/s1. The number of aliphatic hydroxyl groups is 2. The highest BCUT2D eigenvalue weighted by Gasteiger charge is 2.47. The molecule has 0 unspecified atom stereocenters. The fraction of sp³-hybridized carbons (Fsp3) is 0.489. The largest absolute Gasteiger partial charge is 0.508 e. The molecule has 4 aromatic carbocycles. The lowest BCUT2D eigenvalue weighted by Crippen LogP contribution is -2.60. The maximum absolute atomic E-state index is 15.7. The Labute approximate surface area is 773 Å². The second kappa shape index (κ2) is 48.4. The number of aromatic hydroxyl groups is 1. The molecule has 134 heavy (non-hydrogen) atoms. The number of nitrogens with one attached hydrogen (secondary N) is 12. The van der Waals surface area contributed by atoms with Crippen LogP contribution in [-0.2, 0) is 107 Å². The van der Waals surface area contributed by atoms with Crippen LogP contribution in [0.1, 0.15) is 138 Å². The molecule has 3 aromatic heterocycles. The lowest BCUT2D eigenvalue weighted by atomic mass is 9.97. The Morgan fingerprint density at radius 1 is 0.582 bits per heavy atom. The molecule has 2 fully saturated rings. The molecule has 0 bridgehead atoms. The molecule has 2 saturated heterocycles. The number of aromatic nitrogens is 7. The number of primary amides is 1. The van der Waals surface area contributed by atoms with E-state index in [4.69, 9.17) is 11.5 Å². The minimum atomic E-state index is -1.95. The van der Waals surface area contributed by atoms with E-state index >= 15 is 28.8 Å². The van der Waals surface area contributed by atoms with Gasteiger partial charge < -0.3 is 120 Å². The van der Waals surface area contributed by atoms with Crippen LogP contribution in [0.4, 0.5) is 0 Å². The number of phenolic OH excluding ortho intramolecular Hbond substituents is 1. The number of amides is 15. The van der Waals surface area contributed by atoms with E-state index in [1.54, 1.807) is 48.7 Å². The summed E-state index contributed by atoms with van der Waals surface area (Å²) in [5, 5.41) is 94.0. The van der Waals surface area contributed by atoms with Crippen molar-refractivity contribution >= 4 is 134 Å². The van der Waals surface area contributed by atoms with Gasteiger partial charge in [-0.3, -0.25) is 81.5 Å². The molecule has 3 aliphatic rings. The van der Waals surface area contributed by atoms with Crippen LogP contribution in [0.25, 0.3) is 21.7 Å². The minimum Gasteiger partial charge on any atom is -0.508 e. The number of likely N-dealkylation sites (N-methyl/N-ethyl adjacent to an activating group) is 2. The van der Waals surface area contributed by atoms with Gasteiger partial charge in [0, 0.05) is 107 Å². The number of para-hydroxylation sites is 1. The van der Waals surface area contributed by atoms with Crippen molar-refractivity contribution in [2.24, 2.45) is 11.5 Å². The first kappa shape index (κ1) is 102. The molecule has 10 rings (SSSR count). The highest BCUT2D eigenvalue weighted by atomic mass is 32.2. The van der Waals surface area contributed by atoms with Gasteiger partial charge in [0.1, 0.15) is 84.3 Å². The summed E-state index contributed by atoms with van der Waals surface area (Å²) >= 11 is 0.742. The third-order valence-electron chi connectivity index (χ3n) is 23.7. The summed E-state index contributed by atoms with van der Waals surface area (Å²) in [6.07, 6.45) is 0.0806. The normalized spacial score (nSPS) is 24.6. The van der Waals surface area contributed by atoms with Gasteiger partial charge in [0.05, 0.1) is 43.8 Å². The second-order valence-corrected chi connectivity index (χ2v) is 34.3. The molecule has 0 radical (unpaired) electrons. The molecular weight excluding hydrogens is 1760 g/mol. The topological polar surface area (TPSA) is 665 Å². The fourth-order valence-corrected chi connectivity index (χ4v) is 17.2. The molecule has 0 aliphatic carbocycles. The molecule has 15 atom stereocenters. The Hall–Kier alpha value is -14.0. The van der Waals surface area contributed by atoms with Crippen molar-refractivity contribution in [3.05, 3.63) is 138 Å². The molecular formula is C88H115N23O22S. The Morgan fingerprint density at radius 3 is 1.87 bits per heavy atom. The van der Waals surface area contributed by atoms with E-state index in [-0.39, 0.29) is 68.8 Å². The first-order valence-electron chi connectivity index (χ1n) is 44.1. The van der Waals surface area contributed by atoms with Crippen LogP contribution in [0.15, 0.2) is 110 Å². The summed E-state index contributed by atoms with van der Waals surface area (Å²) in [5.74, 6) is -19.5. The lowest BCUT2D eigenvalue weighted by molar-refractivity contribution is -0.147. The number of carbonyl (C=O) groups excluding carboxylic acids is 15. The average molecular weight is 1880 g/mol. The average Bonchev–Trinajstić information content (AvgIpc) is 1.61. The van der Waals surface area contributed by atoms with Gasteiger partial charge in [-0.1, -0.05) is 112 Å². The van der Waals surface area contributed by atoms with Gasteiger partial charge >= 0.3 is 11.9 Å². The van der Waals surface area contributed by atoms with Crippen LogP contribution in [0.5, 0.6) is 5.75 Å². The second-order valence-electron chi connectivity index (χ2n) is 33.3. The number of aliphatic carboxylic acids is 2. The monoisotopic (exact) mass is 1880 g/mol. The molecule has 6 heterocycles. The van der Waals surface area contributed by atoms with Gasteiger partial charge in [-0.2, -0.15) is 0 Å². The van der Waals surface area contributed by atoms with Crippen LogP contribution in [-0.4, -0.2) is 318 Å². The van der Waals surface area contributed by atoms with E-state index in [9.17, 15) is 78.3 Å². The first-order chi connectivity index (χ1) is 64.1. The van der Waals surface area contributed by atoms with E-state index in [1.165, 1.54) is 62.5 Å². The number of carboxylic acid groups (broad SMARTS) is 2. The van der Waals surface area contributed by atoms with E-state index in [1.807, 2.05) is 38.1 Å². The van der Waals surface area contributed by atoms with E-state index < -0.39 is 261 Å². The molecule has 3 aliphatic heterocycles. The quantitative estimate of drug-likeness (QED) is 0.0285. The van der Waals surface area contributed by atoms with Crippen LogP contribution in [0.3, 0.4) is 0 Å². The van der Waals surface area contributed by atoms with E-state index in [2.05, 4.69) is 83.6 Å². The number of hydrogen-bond acceptors (Lipinski definition) is 26. The number of H-pyrrole nitrogens is 2.